The Morgan fingerprint density at radius 2 is 1.84 bits per heavy atom. The first-order valence-corrected chi connectivity index (χ1v) is 9.62. The second-order valence-corrected chi connectivity index (χ2v) is 8.37. The molecule has 0 aromatic heterocycles. The van der Waals surface area contributed by atoms with Gasteiger partial charge in [0.25, 0.3) is 0 Å². The first-order valence-electron chi connectivity index (χ1n) is 6.24. The van der Waals surface area contributed by atoms with Gasteiger partial charge in [-0.2, -0.15) is 0 Å². The Kier molecular flexibility index (Phi) is 6.00. The number of nitrogens with one attached hydrogen (secondary N) is 1. The van der Waals surface area contributed by atoms with Gasteiger partial charge in [-0.3, -0.25) is 4.21 Å². The molecule has 0 radical (unpaired) electrons. The van der Waals surface area contributed by atoms with Gasteiger partial charge < -0.3 is 5.32 Å². The van der Waals surface area contributed by atoms with Gasteiger partial charge in [0.05, 0.1) is 10.6 Å². The maximum Gasteiger partial charge on any atom is 0.178 e. The second kappa shape index (κ2) is 7.05. The van der Waals surface area contributed by atoms with Crippen LogP contribution in [0, 0.1) is 0 Å². The Labute approximate surface area is 118 Å². The van der Waals surface area contributed by atoms with Gasteiger partial charge in [0, 0.05) is 34.5 Å². The van der Waals surface area contributed by atoms with Crippen LogP contribution in [0.1, 0.15) is 20.3 Å². The van der Waals surface area contributed by atoms with Crippen LogP contribution >= 0.6 is 0 Å². The lowest BCUT2D eigenvalue weighted by Crippen LogP contribution is -2.17. The average molecular weight is 303 g/mol. The maximum absolute atomic E-state index is 11.7. The standard InChI is InChI=1S/C13H21NO3S2/c1-4-19(16,17)13-7-5-12(6-8-13)14-11(2)9-10-18(3)15/h5-8,11,14H,4,9-10H2,1-3H3. The summed E-state index contributed by atoms with van der Waals surface area (Å²) in [7, 11) is -3.91. The summed E-state index contributed by atoms with van der Waals surface area (Å²) in [6.45, 7) is 3.65. The average Bonchev–Trinajstić information content (AvgIpc) is 2.37. The highest BCUT2D eigenvalue weighted by Gasteiger charge is 2.11. The summed E-state index contributed by atoms with van der Waals surface area (Å²) in [6, 6.07) is 6.97. The van der Waals surface area contributed by atoms with Gasteiger partial charge >= 0.3 is 0 Å². The molecule has 0 aliphatic carbocycles. The molecule has 0 fully saturated rings. The molecule has 0 heterocycles. The predicted octanol–water partition coefficient (Wildman–Crippen LogP) is 2.05. The monoisotopic (exact) mass is 303 g/mol. The van der Waals surface area contributed by atoms with E-state index in [-0.39, 0.29) is 11.8 Å². The molecule has 0 spiro atoms. The van der Waals surface area contributed by atoms with Crippen LogP contribution in [0.2, 0.25) is 0 Å². The highest BCUT2D eigenvalue weighted by Crippen LogP contribution is 2.16. The fraction of sp³-hybridized carbons (Fsp3) is 0.538. The molecule has 0 saturated heterocycles. The van der Waals surface area contributed by atoms with Crippen molar-refractivity contribution in [2.75, 3.05) is 23.1 Å². The zero-order valence-corrected chi connectivity index (χ0v) is 13.2. The zero-order valence-electron chi connectivity index (χ0n) is 11.5. The summed E-state index contributed by atoms with van der Waals surface area (Å²) in [5.74, 6) is 0.773. The number of hydrogen-bond acceptors (Lipinski definition) is 4. The Morgan fingerprint density at radius 1 is 1.26 bits per heavy atom. The SMILES string of the molecule is CCS(=O)(=O)c1ccc(NC(C)CCS(C)=O)cc1. The molecule has 108 valence electrons. The number of rotatable bonds is 7. The first-order chi connectivity index (χ1) is 8.85. The van der Waals surface area contributed by atoms with Crippen molar-refractivity contribution < 1.29 is 12.6 Å². The van der Waals surface area contributed by atoms with Crippen molar-refractivity contribution in [1.82, 2.24) is 0 Å². The predicted molar refractivity (Wildman–Crippen MR) is 80.8 cm³/mol. The van der Waals surface area contributed by atoms with Crippen LogP contribution in [0.5, 0.6) is 0 Å². The normalized spacial score (nSPS) is 14.9. The third-order valence-corrected chi connectivity index (χ3v) is 5.41. The molecule has 19 heavy (non-hydrogen) atoms. The van der Waals surface area contributed by atoms with Gasteiger partial charge in [0.2, 0.25) is 0 Å². The van der Waals surface area contributed by atoms with Crippen molar-refractivity contribution in [3.05, 3.63) is 24.3 Å². The Morgan fingerprint density at radius 3 is 2.32 bits per heavy atom. The van der Waals surface area contributed by atoms with E-state index < -0.39 is 20.6 Å². The Balaban J connectivity index is 2.65. The molecule has 1 aromatic carbocycles. The highest BCUT2D eigenvalue weighted by molar-refractivity contribution is 7.91. The van der Waals surface area contributed by atoms with Gasteiger partial charge in [-0.15, -0.1) is 0 Å². The molecule has 2 atom stereocenters. The third-order valence-electron chi connectivity index (χ3n) is 2.84. The van der Waals surface area contributed by atoms with E-state index in [1.165, 1.54) is 0 Å². The van der Waals surface area contributed by atoms with E-state index in [0.717, 1.165) is 12.1 Å². The van der Waals surface area contributed by atoms with Crippen LogP contribution in [0.3, 0.4) is 0 Å². The lowest BCUT2D eigenvalue weighted by molar-refractivity contribution is 0.597. The largest absolute Gasteiger partial charge is 0.383 e. The smallest absolute Gasteiger partial charge is 0.178 e. The first kappa shape index (κ1) is 16.2. The summed E-state index contributed by atoms with van der Waals surface area (Å²) >= 11 is 0. The zero-order chi connectivity index (χ0) is 14.5. The van der Waals surface area contributed by atoms with E-state index in [1.807, 2.05) is 6.92 Å². The van der Waals surface area contributed by atoms with E-state index in [2.05, 4.69) is 5.32 Å². The number of anilines is 1. The molecule has 0 bridgehead atoms. The number of benzene rings is 1. The van der Waals surface area contributed by atoms with Crippen LogP contribution in [0.4, 0.5) is 5.69 Å². The highest BCUT2D eigenvalue weighted by atomic mass is 32.2. The number of hydrogen-bond donors (Lipinski definition) is 1. The van der Waals surface area contributed by atoms with Gasteiger partial charge in [-0.05, 0) is 37.6 Å². The lowest BCUT2D eigenvalue weighted by atomic mass is 10.2. The molecule has 1 rings (SSSR count). The molecule has 0 saturated carbocycles. The minimum Gasteiger partial charge on any atom is -0.383 e. The van der Waals surface area contributed by atoms with E-state index in [1.54, 1.807) is 37.4 Å². The van der Waals surface area contributed by atoms with E-state index in [4.69, 9.17) is 0 Å². The van der Waals surface area contributed by atoms with E-state index in [0.29, 0.717) is 10.6 Å². The van der Waals surface area contributed by atoms with Gasteiger partial charge in [0.15, 0.2) is 9.84 Å². The maximum atomic E-state index is 11.7. The van der Waals surface area contributed by atoms with Crippen molar-refractivity contribution in [2.45, 2.75) is 31.2 Å². The molecule has 0 aliphatic heterocycles. The Hall–Kier alpha value is -0.880. The molecule has 6 heteroatoms. The van der Waals surface area contributed by atoms with Crippen LogP contribution in [-0.2, 0) is 20.6 Å². The molecule has 0 aliphatic rings. The molecular formula is C13H21NO3S2. The fourth-order valence-corrected chi connectivity index (χ4v) is 3.19. The summed E-state index contributed by atoms with van der Waals surface area (Å²) in [6.07, 6.45) is 2.51. The van der Waals surface area contributed by atoms with Gasteiger partial charge in [-0.1, -0.05) is 6.92 Å². The fourth-order valence-electron chi connectivity index (χ4n) is 1.62. The van der Waals surface area contributed by atoms with E-state index >= 15 is 0 Å². The molecule has 4 nitrogen and oxygen atoms in total. The molecule has 1 N–H and O–H groups in total. The summed E-state index contributed by atoms with van der Waals surface area (Å²) in [5, 5.41) is 3.26. The summed E-state index contributed by atoms with van der Waals surface area (Å²) in [4.78, 5) is 0.350. The molecule has 1 aromatic rings. The van der Waals surface area contributed by atoms with Crippen molar-refractivity contribution in [3.63, 3.8) is 0 Å². The van der Waals surface area contributed by atoms with Crippen molar-refractivity contribution in [1.29, 1.82) is 0 Å². The van der Waals surface area contributed by atoms with Crippen LogP contribution in [0.25, 0.3) is 0 Å². The van der Waals surface area contributed by atoms with Gasteiger partial charge in [-0.25, -0.2) is 8.42 Å². The van der Waals surface area contributed by atoms with Crippen LogP contribution in [-0.4, -0.2) is 36.4 Å². The van der Waals surface area contributed by atoms with Crippen LogP contribution < -0.4 is 5.32 Å². The lowest BCUT2D eigenvalue weighted by Gasteiger charge is -2.14. The topological polar surface area (TPSA) is 63.2 Å². The van der Waals surface area contributed by atoms with Crippen molar-refractivity contribution >= 4 is 26.3 Å². The molecule has 2 unspecified atom stereocenters. The number of sulfone groups is 1. The molecular weight excluding hydrogens is 282 g/mol. The third kappa shape index (κ3) is 5.32. The van der Waals surface area contributed by atoms with Crippen LogP contribution in [0.15, 0.2) is 29.2 Å². The Bertz CT molecular complexity index is 523. The van der Waals surface area contributed by atoms with Crippen molar-refractivity contribution in [2.24, 2.45) is 0 Å². The second-order valence-electron chi connectivity index (χ2n) is 4.54. The van der Waals surface area contributed by atoms with Crippen molar-refractivity contribution in [3.8, 4) is 0 Å². The summed E-state index contributed by atoms with van der Waals surface area (Å²) < 4.78 is 34.3. The minimum absolute atomic E-state index is 0.110. The summed E-state index contributed by atoms with van der Waals surface area (Å²) in [5.41, 5.74) is 0.879. The minimum atomic E-state index is -3.13. The van der Waals surface area contributed by atoms with E-state index in [9.17, 15) is 12.6 Å². The molecule has 0 amide bonds. The van der Waals surface area contributed by atoms with Gasteiger partial charge in [0.1, 0.15) is 0 Å². The quantitative estimate of drug-likeness (QED) is 0.837.